The van der Waals surface area contributed by atoms with Gasteiger partial charge in [-0.15, -0.1) is 0 Å². The Morgan fingerprint density at radius 2 is 2.27 bits per heavy atom. The zero-order chi connectivity index (χ0) is 11.3. The smallest absolute Gasteiger partial charge is 0.0638 e. The van der Waals surface area contributed by atoms with Gasteiger partial charge in [0.1, 0.15) is 0 Å². The summed E-state index contributed by atoms with van der Waals surface area (Å²) in [6.45, 7) is 2.88. The Labute approximate surface area is 91.1 Å². The standard InChI is InChI=1S/C12H17N3/c1-10(6-7-13)15(2)9-11-4-3-5-12(14)8-11/h3-5,8,10H,6,9,14H2,1-2H3. The van der Waals surface area contributed by atoms with Crippen LogP contribution < -0.4 is 5.73 Å². The van der Waals surface area contributed by atoms with E-state index < -0.39 is 0 Å². The molecule has 0 bridgehead atoms. The van der Waals surface area contributed by atoms with Crippen LogP contribution in [0, 0.1) is 11.3 Å². The molecule has 0 saturated heterocycles. The van der Waals surface area contributed by atoms with Crippen LogP contribution in [0.1, 0.15) is 18.9 Å². The van der Waals surface area contributed by atoms with Gasteiger partial charge in [0.25, 0.3) is 0 Å². The minimum Gasteiger partial charge on any atom is -0.399 e. The molecule has 0 radical (unpaired) electrons. The Hall–Kier alpha value is -1.53. The molecule has 3 heteroatoms. The summed E-state index contributed by atoms with van der Waals surface area (Å²) < 4.78 is 0. The molecule has 0 aromatic heterocycles. The monoisotopic (exact) mass is 203 g/mol. The Bertz CT molecular complexity index is 354. The minimum atomic E-state index is 0.274. The third-order valence-corrected chi connectivity index (χ3v) is 2.52. The number of anilines is 1. The molecule has 0 amide bonds. The molecular weight excluding hydrogens is 186 g/mol. The Balaban J connectivity index is 2.58. The van der Waals surface area contributed by atoms with Crippen LogP contribution in [0.2, 0.25) is 0 Å². The molecule has 0 saturated carbocycles. The van der Waals surface area contributed by atoms with Gasteiger partial charge in [-0.25, -0.2) is 0 Å². The highest BCUT2D eigenvalue weighted by molar-refractivity contribution is 5.40. The number of hydrogen-bond acceptors (Lipinski definition) is 3. The molecule has 2 N–H and O–H groups in total. The highest BCUT2D eigenvalue weighted by atomic mass is 15.1. The van der Waals surface area contributed by atoms with Crippen molar-refractivity contribution in [2.45, 2.75) is 25.9 Å². The van der Waals surface area contributed by atoms with Gasteiger partial charge in [-0.1, -0.05) is 12.1 Å². The first-order valence-corrected chi connectivity index (χ1v) is 5.05. The first kappa shape index (κ1) is 11.5. The summed E-state index contributed by atoms with van der Waals surface area (Å²) in [4.78, 5) is 2.15. The van der Waals surface area contributed by atoms with Gasteiger partial charge in [-0.3, -0.25) is 4.90 Å². The highest BCUT2D eigenvalue weighted by Crippen LogP contribution is 2.11. The lowest BCUT2D eigenvalue weighted by Crippen LogP contribution is -2.28. The van der Waals surface area contributed by atoms with E-state index in [9.17, 15) is 0 Å². The highest BCUT2D eigenvalue weighted by Gasteiger charge is 2.08. The second-order valence-electron chi connectivity index (χ2n) is 3.87. The summed E-state index contributed by atoms with van der Waals surface area (Å²) in [6.07, 6.45) is 0.554. The fourth-order valence-electron chi connectivity index (χ4n) is 1.42. The average molecular weight is 203 g/mol. The van der Waals surface area contributed by atoms with Gasteiger partial charge < -0.3 is 5.73 Å². The fourth-order valence-corrected chi connectivity index (χ4v) is 1.42. The number of nitriles is 1. The van der Waals surface area contributed by atoms with Crippen molar-refractivity contribution in [3.63, 3.8) is 0 Å². The van der Waals surface area contributed by atoms with E-state index in [0.29, 0.717) is 6.42 Å². The quantitative estimate of drug-likeness (QED) is 0.761. The second-order valence-corrected chi connectivity index (χ2v) is 3.87. The van der Waals surface area contributed by atoms with Gasteiger partial charge in [-0.05, 0) is 31.7 Å². The normalized spacial score (nSPS) is 12.4. The van der Waals surface area contributed by atoms with E-state index in [4.69, 9.17) is 11.0 Å². The van der Waals surface area contributed by atoms with Crippen molar-refractivity contribution in [2.24, 2.45) is 0 Å². The molecule has 3 nitrogen and oxygen atoms in total. The van der Waals surface area contributed by atoms with Crippen molar-refractivity contribution in [1.29, 1.82) is 5.26 Å². The van der Waals surface area contributed by atoms with Crippen LogP contribution in [-0.4, -0.2) is 18.0 Å². The first-order chi connectivity index (χ1) is 7.13. The summed E-state index contributed by atoms with van der Waals surface area (Å²) in [5.74, 6) is 0. The molecule has 1 unspecified atom stereocenters. The van der Waals surface area contributed by atoms with E-state index in [2.05, 4.69) is 17.9 Å². The second kappa shape index (κ2) is 5.38. The van der Waals surface area contributed by atoms with Gasteiger partial charge in [0.05, 0.1) is 12.5 Å². The lowest BCUT2D eigenvalue weighted by Gasteiger charge is -2.22. The Morgan fingerprint density at radius 1 is 1.53 bits per heavy atom. The van der Waals surface area contributed by atoms with Crippen LogP contribution in [0.25, 0.3) is 0 Å². The van der Waals surface area contributed by atoms with Crippen LogP contribution >= 0.6 is 0 Å². The van der Waals surface area contributed by atoms with E-state index in [0.717, 1.165) is 12.2 Å². The van der Waals surface area contributed by atoms with E-state index in [-0.39, 0.29) is 6.04 Å². The first-order valence-electron chi connectivity index (χ1n) is 5.05. The number of hydrogen-bond donors (Lipinski definition) is 1. The van der Waals surface area contributed by atoms with Crippen molar-refractivity contribution in [2.75, 3.05) is 12.8 Å². The molecule has 1 aromatic rings. The molecule has 1 atom stereocenters. The molecule has 0 aliphatic heterocycles. The molecule has 0 heterocycles. The van der Waals surface area contributed by atoms with Crippen molar-refractivity contribution in [3.05, 3.63) is 29.8 Å². The maximum atomic E-state index is 8.60. The van der Waals surface area contributed by atoms with E-state index in [1.165, 1.54) is 5.56 Å². The van der Waals surface area contributed by atoms with E-state index in [1.54, 1.807) is 0 Å². The lowest BCUT2D eigenvalue weighted by atomic mass is 10.1. The minimum absolute atomic E-state index is 0.274. The molecule has 80 valence electrons. The number of rotatable bonds is 4. The van der Waals surface area contributed by atoms with Gasteiger partial charge in [0.15, 0.2) is 0 Å². The Morgan fingerprint density at radius 3 is 2.87 bits per heavy atom. The molecule has 1 aromatic carbocycles. The van der Waals surface area contributed by atoms with E-state index >= 15 is 0 Å². The van der Waals surface area contributed by atoms with Gasteiger partial charge in [0, 0.05) is 18.3 Å². The molecule has 0 aliphatic carbocycles. The molecule has 0 aliphatic rings. The lowest BCUT2D eigenvalue weighted by molar-refractivity contribution is 0.252. The topological polar surface area (TPSA) is 53.0 Å². The van der Waals surface area contributed by atoms with Gasteiger partial charge in [0.2, 0.25) is 0 Å². The third kappa shape index (κ3) is 3.61. The van der Waals surface area contributed by atoms with Gasteiger partial charge in [-0.2, -0.15) is 5.26 Å². The third-order valence-electron chi connectivity index (χ3n) is 2.52. The SMILES string of the molecule is CC(CC#N)N(C)Cc1cccc(N)c1. The average Bonchev–Trinajstić information content (AvgIpc) is 2.18. The summed E-state index contributed by atoms with van der Waals surface area (Å²) in [7, 11) is 2.02. The number of nitrogens with zero attached hydrogens (tertiary/aromatic N) is 2. The summed E-state index contributed by atoms with van der Waals surface area (Å²) in [6, 6.07) is 10.3. The van der Waals surface area contributed by atoms with Crippen molar-refractivity contribution >= 4 is 5.69 Å². The fraction of sp³-hybridized carbons (Fsp3) is 0.417. The molecule has 0 spiro atoms. The zero-order valence-electron chi connectivity index (χ0n) is 9.27. The molecule has 0 fully saturated rings. The van der Waals surface area contributed by atoms with Crippen LogP contribution in [0.4, 0.5) is 5.69 Å². The van der Waals surface area contributed by atoms with Crippen LogP contribution in [-0.2, 0) is 6.54 Å². The van der Waals surface area contributed by atoms with Crippen LogP contribution in [0.5, 0.6) is 0 Å². The maximum Gasteiger partial charge on any atom is 0.0638 e. The number of nitrogens with two attached hydrogens (primary N) is 1. The van der Waals surface area contributed by atoms with Gasteiger partial charge >= 0.3 is 0 Å². The summed E-state index contributed by atoms with van der Waals surface area (Å²) >= 11 is 0. The van der Waals surface area contributed by atoms with Crippen LogP contribution in [0.15, 0.2) is 24.3 Å². The van der Waals surface area contributed by atoms with E-state index in [1.807, 2.05) is 31.3 Å². The predicted octanol–water partition coefficient (Wildman–Crippen LogP) is 2.00. The molecule has 1 rings (SSSR count). The number of nitrogen functional groups attached to an aromatic ring is 1. The largest absolute Gasteiger partial charge is 0.399 e. The van der Waals surface area contributed by atoms with Crippen molar-refractivity contribution < 1.29 is 0 Å². The van der Waals surface area contributed by atoms with Crippen molar-refractivity contribution in [1.82, 2.24) is 4.90 Å². The number of benzene rings is 1. The Kier molecular flexibility index (Phi) is 4.14. The maximum absolute atomic E-state index is 8.60. The molecule has 15 heavy (non-hydrogen) atoms. The summed E-state index contributed by atoms with van der Waals surface area (Å²) in [5.41, 5.74) is 7.67. The molecular formula is C12H17N3. The predicted molar refractivity (Wildman–Crippen MR) is 62.0 cm³/mol. The summed E-state index contributed by atoms with van der Waals surface area (Å²) in [5, 5.41) is 8.60. The zero-order valence-corrected chi connectivity index (χ0v) is 9.27. The van der Waals surface area contributed by atoms with Crippen molar-refractivity contribution in [3.8, 4) is 6.07 Å². The van der Waals surface area contributed by atoms with Crippen LogP contribution in [0.3, 0.4) is 0 Å².